The molecule has 1 N–H and O–H groups in total. The van der Waals surface area contributed by atoms with Crippen molar-refractivity contribution >= 4 is 27.5 Å². The minimum atomic E-state index is -0.281. The molecule has 2 aromatic rings. The molecular formula is C15H13BrFNO. The Hall–Kier alpha value is -1.68. The van der Waals surface area contributed by atoms with E-state index < -0.39 is 0 Å². The number of hydrogen-bond acceptors (Lipinski definition) is 1. The van der Waals surface area contributed by atoms with Gasteiger partial charge in [-0.3, -0.25) is 4.79 Å². The van der Waals surface area contributed by atoms with Gasteiger partial charge in [-0.1, -0.05) is 22.0 Å². The van der Waals surface area contributed by atoms with E-state index in [-0.39, 0.29) is 11.7 Å². The highest BCUT2D eigenvalue weighted by Gasteiger charge is 2.11. The van der Waals surface area contributed by atoms with Gasteiger partial charge in [0, 0.05) is 15.7 Å². The predicted octanol–water partition coefficient (Wildman–Crippen LogP) is 4.46. The SMILES string of the molecule is Cc1cc(NC(=O)c2cccc(Br)c2C)ccc1F. The number of rotatable bonds is 2. The van der Waals surface area contributed by atoms with Crippen LogP contribution in [0.25, 0.3) is 0 Å². The van der Waals surface area contributed by atoms with Crippen molar-refractivity contribution in [3.8, 4) is 0 Å². The normalized spacial score (nSPS) is 10.3. The Morgan fingerprint density at radius 1 is 1.21 bits per heavy atom. The number of anilines is 1. The van der Waals surface area contributed by atoms with E-state index in [0.717, 1.165) is 10.0 Å². The molecule has 2 rings (SSSR count). The maximum absolute atomic E-state index is 13.2. The standard InChI is InChI=1S/C15H13BrFNO/c1-9-8-11(6-7-14(9)17)18-15(19)12-4-3-5-13(16)10(12)2/h3-8H,1-2H3,(H,18,19). The van der Waals surface area contributed by atoms with E-state index in [9.17, 15) is 9.18 Å². The van der Waals surface area contributed by atoms with E-state index in [4.69, 9.17) is 0 Å². The van der Waals surface area contributed by atoms with E-state index in [2.05, 4.69) is 21.2 Å². The third-order valence-corrected chi connectivity index (χ3v) is 3.79. The molecule has 0 saturated carbocycles. The average Bonchev–Trinajstić information content (AvgIpc) is 2.37. The highest BCUT2D eigenvalue weighted by atomic mass is 79.9. The number of benzene rings is 2. The van der Waals surface area contributed by atoms with Gasteiger partial charge in [-0.15, -0.1) is 0 Å². The summed E-state index contributed by atoms with van der Waals surface area (Å²) in [7, 11) is 0. The Kier molecular flexibility index (Phi) is 4.00. The third kappa shape index (κ3) is 3.01. The zero-order valence-electron chi connectivity index (χ0n) is 10.6. The molecule has 2 nitrogen and oxygen atoms in total. The number of aryl methyl sites for hydroxylation is 1. The highest BCUT2D eigenvalue weighted by molar-refractivity contribution is 9.10. The van der Waals surface area contributed by atoms with Crippen LogP contribution in [0.5, 0.6) is 0 Å². The van der Waals surface area contributed by atoms with Crippen LogP contribution in [-0.4, -0.2) is 5.91 Å². The Balaban J connectivity index is 2.26. The topological polar surface area (TPSA) is 29.1 Å². The molecule has 0 aromatic heterocycles. The van der Waals surface area contributed by atoms with Gasteiger partial charge in [0.15, 0.2) is 0 Å². The van der Waals surface area contributed by atoms with E-state index in [1.54, 1.807) is 25.1 Å². The monoisotopic (exact) mass is 321 g/mol. The Morgan fingerprint density at radius 2 is 1.95 bits per heavy atom. The first-order valence-corrected chi connectivity index (χ1v) is 6.61. The minimum absolute atomic E-state index is 0.204. The van der Waals surface area contributed by atoms with Gasteiger partial charge >= 0.3 is 0 Å². The van der Waals surface area contributed by atoms with Crippen molar-refractivity contribution in [3.63, 3.8) is 0 Å². The lowest BCUT2D eigenvalue weighted by molar-refractivity contribution is 0.102. The first-order chi connectivity index (χ1) is 8.99. The summed E-state index contributed by atoms with van der Waals surface area (Å²) < 4.78 is 14.0. The Bertz CT molecular complexity index is 640. The van der Waals surface area contributed by atoms with Crippen molar-refractivity contribution in [2.45, 2.75) is 13.8 Å². The van der Waals surface area contributed by atoms with E-state index in [1.165, 1.54) is 6.07 Å². The van der Waals surface area contributed by atoms with Crippen LogP contribution in [0, 0.1) is 19.7 Å². The van der Waals surface area contributed by atoms with Gasteiger partial charge < -0.3 is 5.32 Å². The Morgan fingerprint density at radius 3 is 2.63 bits per heavy atom. The van der Waals surface area contributed by atoms with E-state index in [1.807, 2.05) is 19.1 Å². The van der Waals surface area contributed by atoms with E-state index in [0.29, 0.717) is 16.8 Å². The first kappa shape index (κ1) is 13.7. The molecule has 19 heavy (non-hydrogen) atoms. The highest BCUT2D eigenvalue weighted by Crippen LogP contribution is 2.21. The first-order valence-electron chi connectivity index (χ1n) is 5.81. The number of nitrogens with one attached hydrogen (secondary N) is 1. The molecule has 0 heterocycles. The lowest BCUT2D eigenvalue weighted by atomic mass is 10.1. The second-order valence-corrected chi connectivity index (χ2v) is 5.18. The third-order valence-electron chi connectivity index (χ3n) is 2.93. The summed E-state index contributed by atoms with van der Waals surface area (Å²) in [5.74, 6) is -0.485. The summed E-state index contributed by atoms with van der Waals surface area (Å²) in [4.78, 5) is 12.2. The van der Waals surface area contributed by atoms with Gasteiger partial charge in [0.05, 0.1) is 0 Å². The number of carbonyl (C=O) groups is 1. The van der Waals surface area contributed by atoms with Crippen molar-refractivity contribution in [2.24, 2.45) is 0 Å². The Labute approximate surface area is 119 Å². The van der Waals surface area contributed by atoms with Gasteiger partial charge in [-0.25, -0.2) is 4.39 Å². The lowest BCUT2D eigenvalue weighted by Gasteiger charge is -2.09. The van der Waals surface area contributed by atoms with Crippen LogP contribution in [0.1, 0.15) is 21.5 Å². The summed E-state index contributed by atoms with van der Waals surface area (Å²) in [6.45, 7) is 3.53. The maximum Gasteiger partial charge on any atom is 0.255 e. The molecule has 98 valence electrons. The van der Waals surface area contributed by atoms with Crippen LogP contribution in [0.3, 0.4) is 0 Å². The summed E-state index contributed by atoms with van der Waals surface area (Å²) in [6, 6.07) is 9.95. The average molecular weight is 322 g/mol. The molecule has 0 atom stereocenters. The second kappa shape index (κ2) is 5.53. The number of carbonyl (C=O) groups excluding carboxylic acids is 1. The minimum Gasteiger partial charge on any atom is -0.322 e. The molecule has 0 aliphatic heterocycles. The van der Waals surface area contributed by atoms with Crippen molar-refractivity contribution in [3.05, 3.63) is 63.4 Å². The smallest absolute Gasteiger partial charge is 0.255 e. The second-order valence-electron chi connectivity index (χ2n) is 4.33. The van der Waals surface area contributed by atoms with Gasteiger partial charge in [-0.2, -0.15) is 0 Å². The van der Waals surface area contributed by atoms with E-state index >= 15 is 0 Å². The fourth-order valence-electron chi connectivity index (χ4n) is 1.77. The number of halogens is 2. The maximum atomic E-state index is 13.2. The molecule has 0 radical (unpaired) electrons. The van der Waals surface area contributed by atoms with Crippen LogP contribution < -0.4 is 5.32 Å². The molecule has 4 heteroatoms. The summed E-state index contributed by atoms with van der Waals surface area (Å²) in [6.07, 6.45) is 0. The van der Waals surface area contributed by atoms with Crippen molar-refractivity contribution in [1.82, 2.24) is 0 Å². The van der Waals surface area contributed by atoms with Crippen molar-refractivity contribution < 1.29 is 9.18 Å². The van der Waals surface area contributed by atoms with Gasteiger partial charge in [0.2, 0.25) is 0 Å². The van der Waals surface area contributed by atoms with Gasteiger partial charge in [-0.05, 0) is 55.3 Å². The van der Waals surface area contributed by atoms with Crippen LogP contribution >= 0.6 is 15.9 Å². The molecule has 0 spiro atoms. The van der Waals surface area contributed by atoms with Crippen LogP contribution in [0.2, 0.25) is 0 Å². The van der Waals surface area contributed by atoms with Crippen LogP contribution in [0.15, 0.2) is 40.9 Å². The molecule has 0 unspecified atom stereocenters. The quantitative estimate of drug-likeness (QED) is 0.869. The molecular weight excluding hydrogens is 309 g/mol. The molecule has 0 bridgehead atoms. The summed E-state index contributed by atoms with van der Waals surface area (Å²) in [5, 5.41) is 2.77. The van der Waals surface area contributed by atoms with Crippen LogP contribution in [0.4, 0.5) is 10.1 Å². The van der Waals surface area contributed by atoms with Crippen molar-refractivity contribution in [1.29, 1.82) is 0 Å². The fraction of sp³-hybridized carbons (Fsp3) is 0.133. The molecule has 1 amide bonds. The molecule has 0 fully saturated rings. The van der Waals surface area contributed by atoms with Crippen LogP contribution in [-0.2, 0) is 0 Å². The molecule has 0 aliphatic rings. The molecule has 0 aliphatic carbocycles. The van der Waals surface area contributed by atoms with Gasteiger partial charge in [0.25, 0.3) is 5.91 Å². The number of hydrogen-bond donors (Lipinski definition) is 1. The lowest BCUT2D eigenvalue weighted by Crippen LogP contribution is -2.13. The van der Waals surface area contributed by atoms with Gasteiger partial charge in [0.1, 0.15) is 5.82 Å². The zero-order chi connectivity index (χ0) is 14.0. The largest absolute Gasteiger partial charge is 0.322 e. The summed E-state index contributed by atoms with van der Waals surface area (Å²) in [5.41, 5.74) is 2.56. The molecule has 2 aromatic carbocycles. The zero-order valence-corrected chi connectivity index (χ0v) is 12.2. The predicted molar refractivity (Wildman–Crippen MR) is 78.0 cm³/mol. The fourth-order valence-corrected chi connectivity index (χ4v) is 2.14. The van der Waals surface area contributed by atoms with Crippen molar-refractivity contribution in [2.75, 3.05) is 5.32 Å². The number of amides is 1. The summed E-state index contributed by atoms with van der Waals surface area (Å²) >= 11 is 3.39. The molecule has 0 saturated heterocycles.